The lowest BCUT2D eigenvalue weighted by atomic mass is 10.1. The van der Waals surface area contributed by atoms with Gasteiger partial charge >= 0.3 is 0 Å². The van der Waals surface area contributed by atoms with Gasteiger partial charge in [0.25, 0.3) is 0 Å². The van der Waals surface area contributed by atoms with E-state index < -0.39 is 10.0 Å². The van der Waals surface area contributed by atoms with Crippen LogP contribution in [0.4, 0.5) is 0 Å². The van der Waals surface area contributed by atoms with Crippen molar-refractivity contribution in [3.05, 3.63) is 42.5 Å². The van der Waals surface area contributed by atoms with Crippen LogP contribution in [0, 0.1) is 0 Å². The Kier molecular flexibility index (Phi) is 6.46. The molecule has 1 amide bonds. The summed E-state index contributed by atoms with van der Waals surface area (Å²) in [6.45, 7) is 5.26. The number of rotatable bonds is 7. The number of amides is 1. The molecular weight excluding hydrogens is 362 g/mol. The molecular formula is C20H27N3O3S. The lowest BCUT2D eigenvalue weighted by Gasteiger charge is -2.31. The van der Waals surface area contributed by atoms with Crippen LogP contribution in [0.3, 0.4) is 0 Å². The minimum absolute atomic E-state index is 0.0921. The lowest BCUT2D eigenvalue weighted by Crippen LogP contribution is -2.45. The van der Waals surface area contributed by atoms with Crippen LogP contribution >= 0.6 is 0 Å². The summed E-state index contributed by atoms with van der Waals surface area (Å²) in [5.74, 6) is -0.105. The van der Waals surface area contributed by atoms with Crippen LogP contribution in [0.2, 0.25) is 0 Å². The van der Waals surface area contributed by atoms with Gasteiger partial charge < -0.3 is 10.2 Å². The summed E-state index contributed by atoms with van der Waals surface area (Å²) in [4.78, 5) is 14.7. The number of nitrogens with one attached hydrogen (secondary N) is 2. The predicted molar refractivity (Wildman–Crippen MR) is 107 cm³/mol. The minimum atomic E-state index is -3.63. The fourth-order valence-corrected chi connectivity index (χ4v) is 4.48. The molecule has 0 saturated carbocycles. The van der Waals surface area contributed by atoms with E-state index in [1.165, 1.54) is 0 Å². The van der Waals surface area contributed by atoms with E-state index in [1.807, 2.05) is 24.3 Å². The molecule has 146 valence electrons. The molecule has 6 nitrogen and oxygen atoms in total. The number of piperidine rings is 1. The zero-order valence-corrected chi connectivity index (χ0v) is 16.5. The summed E-state index contributed by atoms with van der Waals surface area (Å²) in [6.07, 6.45) is 2.03. The first-order valence-corrected chi connectivity index (χ1v) is 11.0. The average molecular weight is 390 g/mol. The number of carbonyl (C=O) groups is 1. The summed E-state index contributed by atoms with van der Waals surface area (Å²) in [7, 11) is -3.63. The summed E-state index contributed by atoms with van der Waals surface area (Å²) < 4.78 is 27.5. The first-order chi connectivity index (χ1) is 13.0. The molecule has 0 bridgehead atoms. The van der Waals surface area contributed by atoms with Gasteiger partial charge in [0.1, 0.15) is 0 Å². The molecule has 27 heavy (non-hydrogen) atoms. The maximum absolute atomic E-state index is 12.5. The highest BCUT2D eigenvalue weighted by Crippen LogP contribution is 2.18. The molecule has 0 atom stereocenters. The summed E-state index contributed by atoms with van der Waals surface area (Å²) in [5.41, 5.74) is 0. The van der Waals surface area contributed by atoms with Crippen LogP contribution < -0.4 is 10.0 Å². The zero-order chi connectivity index (χ0) is 19.3. The number of carbonyl (C=O) groups excluding carboxylic acids is 1. The van der Waals surface area contributed by atoms with Crippen LogP contribution in [0.5, 0.6) is 0 Å². The molecule has 1 aliphatic rings. The van der Waals surface area contributed by atoms with E-state index in [4.69, 9.17) is 0 Å². The van der Waals surface area contributed by atoms with Gasteiger partial charge in [0.2, 0.25) is 15.9 Å². The largest absolute Gasteiger partial charge is 0.353 e. The van der Waals surface area contributed by atoms with Gasteiger partial charge in [0.15, 0.2) is 0 Å². The van der Waals surface area contributed by atoms with Gasteiger partial charge in [-0.2, -0.15) is 0 Å². The number of sulfonamides is 1. The molecule has 2 aromatic rings. The normalized spacial score (nSPS) is 16.5. The Morgan fingerprint density at radius 3 is 2.52 bits per heavy atom. The van der Waals surface area contributed by atoms with Gasteiger partial charge in [-0.05, 0) is 42.3 Å². The quantitative estimate of drug-likeness (QED) is 0.760. The number of fused-ring (bicyclic) bond motifs is 1. The summed E-state index contributed by atoms with van der Waals surface area (Å²) in [5, 5.41) is 4.88. The van der Waals surface area contributed by atoms with Crippen molar-refractivity contribution in [3.63, 3.8) is 0 Å². The highest BCUT2D eigenvalue weighted by Gasteiger charge is 2.20. The molecule has 2 aromatic carbocycles. The average Bonchev–Trinajstić information content (AvgIpc) is 2.68. The van der Waals surface area contributed by atoms with Crippen molar-refractivity contribution in [3.8, 4) is 0 Å². The van der Waals surface area contributed by atoms with Crippen molar-refractivity contribution in [2.75, 3.05) is 26.2 Å². The van der Waals surface area contributed by atoms with Crippen LogP contribution in [-0.2, 0) is 14.8 Å². The molecule has 0 aliphatic carbocycles. The number of benzene rings is 2. The Balaban J connectivity index is 1.49. The molecule has 1 saturated heterocycles. The Hall–Kier alpha value is -1.96. The van der Waals surface area contributed by atoms with E-state index in [9.17, 15) is 13.2 Å². The fourth-order valence-electron chi connectivity index (χ4n) is 3.41. The Morgan fingerprint density at radius 2 is 1.81 bits per heavy atom. The fraction of sp³-hybridized carbons (Fsp3) is 0.450. The van der Waals surface area contributed by atoms with E-state index in [0.717, 1.165) is 43.2 Å². The van der Waals surface area contributed by atoms with Crippen LogP contribution in [0.1, 0.15) is 26.2 Å². The smallest absolute Gasteiger partial charge is 0.240 e. The third-order valence-corrected chi connectivity index (χ3v) is 6.53. The van der Waals surface area contributed by atoms with Crippen molar-refractivity contribution in [2.45, 2.75) is 37.1 Å². The van der Waals surface area contributed by atoms with Gasteiger partial charge in [-0.3, -0.25) is 4.79 Å². The monoisotopic (exact) mass is 389 g/mol. The maximum atomic E-state index is 12.5. The molecule has 0 unspecified atom stereocenters. The molecule has 3 rings (SSSR count). The van der Waals surface area contributed by atoms with Crippen molar-refractivity contribution in [1.29, 1.82) is 0 Å². The number of hydrogen-bond donors (Lipinski definition) is 2. The Morgan fingerprint density at radius 1 is 1.11 bits per heavy atom. The highest BCUT2D eigenvalue weighted by atomic mass is 32.2. The second kappa shape index (κ2) is 8.82. The van der Waals surface area contributed by atoms with Gasteiger partial charge in [0.05, 0.1) is 4.90 Å². The third-order valence-electron chi connectivity index (χ3n) is 5.08. The predicted octanol–water partition coefficient (Wildman–Crippen LogP) is 2.11. The van der Waals surface area contributed by atoms with E-state index in [0.29, 0.717) is 0 Å². The first-order valence-electron chi connectivity index (χ1n) is 9.48. The molecule has 7 heteroatoms. The van der Waals surface area contributed by atoms with Crippen molar-refractivity contribution in [1.82, 2.24) is 14.9 Å². The van der Waals surface area contributed by atoms with Crippen LogP contribution in [0.15, 0.2) is 47.4 Å². The van der Waals surface area contributed by atoms with Crippen molar-refractivity contribution in [2.24, 2.45) is 0 Å². The lowest BCUT2D eigenvalue weighted by molar-refractivity contribution is -0.121. The maximum Gasteiger partial charge on any atom is 0.240 e. The zero-order valence-electron chi connectivity index (χ0n) is 15.6. The molecule has 1 aliphatic heterocycles. The number of likely N-dealkylation sites (tertiary alicyclic amines) is 1. The summed E-state index contributed by atoms with van der Waals surface area (Å²) >= 11 is 0. The first kappa shape index (κ1) is 19.8. The van der Waals surface area contributed by atoms with Gasteiger partial charge in [-0.15, -0.1) is 0 Å². The third kappa shape index (κ3) is 5.28. The summed E-state index contributed by atoms with van der Waals surface area (Å²) in [6, 6.07) is 12.8. The minimum Gasteiger partial charge on any atom is -0.353 e. The van der Waals surface area contributed by atoms with E-state index in [1.54, 1.807) is 18.2 Å². The van der Waals surface area contributed by atoms with Crippen molar-refractivity contribution < 1.29 is 13.2 Å². The highest BCUT2D eigenvalue weighted by molar-refractivity contribution is 7.89. The van der Waals surface area contributed by atoms with Gasteiger partial charge in [-0.1, -0.05) is 37.3 Å². The number of hydrogen-bond acceptors (Lipinski definition) is 4. The van der Waals surface area contributed by atoms with Gasteiger partial charge in [-0.25, -0.2) is 13.1 Å². The van der Waals surface area contributed by atoms with Crippen molar-refractivity contribution >= 4 is 26.7 Å². The Labute approximate surface area is 161 Å². The molecule has 0 aromatic heterocycles. The van der Waals surface area contributed by atoms with Gasteiger partial charge in [0, 0.05) is 32.1 Å². The second-order valence-electron chi connectivity index (χ2n) is 6.93. The molecule has 2 N–H and O–H groups in total. The molecule has 0 spiro atoms. The molecule has 1 heterocycles. The van der Waals surface area contributed by atoms with E-state index in [-0.39, 0.29) is 29.8 Å². The Bertz CT molecular complexity index is 890. The topological polar surface area (TPSA) is 78.5 Å². The second-order valence-corrected chi connectivity index (χ2v) is 8.70. The van der Waals surface area contributed by atoms with Crippen LogP contribution in [0.25, 0.3) is 10.8 Å². The van der Waals surface area contributed by atoms with E-state index >= 15 is 0 Å². The molecule has 0 radical (unpaired) electrons. The number of nitrogens with zero attached hydrogens (tertiary/aromatic N) is 1. The van der Waals surface area contributed by atoms with E-state index in [2.05, 4.69) is 21.9 Å². The van der Waals surface area contributed by atoms with Crippen LogP contribution in [-0.4, -0.2) is 51.4 Å². The standard InChI is InChI=1S/C20H27N3O3S/c1-2-23-13-10-18(11-14-23)22-20(24)9-12-21-27(25,26)19-8-7-16-5-3-4-6-17(16)15-19/h3-8,15,18,21H,2,9-14H2,1H3,(H,22,24). The molecule has 1 fully saturated rings. The SMILES string of the molecule is CCN1CCC(NC(=O)CCNS(=O)(=O)c2ccc3ccccc3c2)CC1.